The van der Waals surface area contributed by atoms with Crippen LogP contribution in [0.3, 0.4) is 0 Å². The smallest absolute Gasteiger partial charge is 0.239 e. The van der Waals surface area contributed by atoms with Gasteiger partial charge in [-0.2, -0.15) is 0 Å². The van der Waals surface area contributed by atoms with Crippen LogP contribution in [0.5, 0.6) is 0 Å². The molecule has 0 heterocycles. The quantitative estimate of drug-likeness (QED) is 0.781. The molecule has 2 N–H and O–H groups in total. The second kappa shape index (κ2) is 7.19. The summed E-state index contributed by atoms with van der Waals surface area (Å²) in [7, 11) is 0. The van der Waals surface area contributed by atoms with Gasteiger partial charge in [0.05, 0.1) is 5.69 Å². The van der Waals surface area contributed by atoms with E-state index in [0.29, 0.717) is 16.8 Å². The molecule has 25 heavy (non-hydrogen) atoms. The Bertz CT molecular complexity index is 770. The van der Waals surface area contributed by atoms with Crippen molar-refractivity contribution in [3.05, 3.63) is 58.6 Å². The van der Waals surface area contributed by atoms with E-state index in [2.05, 4.69) is 10.6 Å². The largest absolute Gasteiger partial charge is 0.325 e. The molecule has 4 nitrogen and oxygen atoms in total. The molecule has 0 spiro atoms. The van der Waals surface area contributed by atoms with Gasteiger partial charge < -0.3 is 10.6 Å². The molecule has 2 aromatic rings. The van der Waals surface area contributed by atoms with Gasteiger partial charge in [0.25, 0.3) is 0 Å². The highest BCUT2D eigenvalue weighted by Crippen LogP contribution is 2.25. The number of halogens is 3. The van der Waals surface area contributed by atoms with Crippen molar-refractivity contribution >= 4 is 34.8 Å². The molecule has 0 saturated carbocycles. The third-order valence-corrected chi connectivity index (χ3v) is 3.99. The second-order valence-electron chi connectivity index (χ2n) is 6.12. The zero-order chi connectivity index (χ0) is 18.8. The van der Waals surface area contributed by atoms with Crippen molar-refractivity contribution in [3.63, 3.8) is 0 Å². The van der Waals surface area contributed by atoms with E-state index in [-0.39, 0.29) is 5.69 Å². The van der Waals surface area contributed by atoms with E-state index in [1.807, 2.05) is 0 Å². The normalized spacial score (nSPS) is 11.1. The van der Waals surface area contributed by atoms with Crippen LogP contribution in [0.25, 0.3) is 0 Å². The number of nitrogens with one attached hydrogen (secondary N) is 2. The first-order valence-electron chi connectivity index (χ1n) is 7.45. The Balaban J connectivity index is 2.15. The molecule has 0 saturated heterocycles. The third-order valence-electron chi connectivity index (χ3n) is 3.75. The summed E-state index contributed by atoms with van der Waals surface area (Å²) in [4.78, 5) is 24.9. The Morgan fingerprint density at radius 2 is 1.52 bits per heavy atom. The molecule has 0 aromatic heterocycles. The van der Waals surface area contributed by atoms with Gasteiger partial charge in [-0.25, -0.2) is 8.78 Å². The maximum absolute atomic E-state index is 13.7. The van der Waals surface area contributed by atoms with E-state index in [4.69, 9.17) is 11.6 Å². The van der Waals surface area contributed by atoms with Crippen molar-refractivity contribution < 1.29 is 18.4 Å². The van der Waals surface area contributed by atoms with Crippen molar-refractivity contribution in [2.45, 2.75) is 20.8 Å². The number of carbonyl (C=O) groups is 2. The van der Waals surface area contributed by atoms with Crippen LogP contribution in [-0.2, 0) is 9.59 Å². The third kappa shape index (κ3) is 4.33. The lowest BCUT2D eigenvalue weighted by Crippen LogP contribution is -2.41. The molecular weight excluding hydrogens is 350 g/mol. The second-order valence-corrected chi connectivity index (χ2v) is 6.55. The zero-order valence-electron chi connectivity index (χ0n) is 13.9. The minimum atomic E-state index is -1.49. The van der Waals surface area contributed by atoms with Gasteiger partial charge in [0.2, 0.25) is 11.8 Å². The van der Waals surface area contributed by atoms with Crippen LogP contribution in [0.15, 0.2) is 36.4 Å². The highest BCUT2D eigenvalue weighted by Gasteiger charge is 2.36. The standard InChI is InChI=1S/C18H17ClF2N2O2/c1-10-8-11(19)4-6-14(10)22-16(24)18(2,3)17(25)23-15-7-5-12(20)9-13(15)21/h4-9H,1-3H3,(H,22,24)(H,23,25). The first kappa shape index (κ1) is 18.9. The van der Waals surface area contributed by atoms with Crippen LogP contribution in [0.1, 0.15) is 19.4 Å². The van der Waals surface area contributed by atoms with Gasteiger partial charge in [-0.05, 0) is 56.7 Å². The van der Waals surface area contributed by atoms with E-state index in [0.717, 1.165) is 17.7 Å². The fourth-order valence-electron chi connectivity index (χ4n) is 2.02. The molecule has 2 amide bonds. The Morgan fingerprint density at radius 3 is 2.08 bits per heavy atom. The molecular formula is C18H17ClF2N2O2. The molecule has 0 aliphatic heterocycles. The van der Waals surface area contributed by atoms with E-state index in [1.165, 1.54) is 13.8 Å². The highest BCUT2D eigenvalue weighted by molar-refractivity contribution is 6.30. The van der Waals surface area contributed by atoms with Crippen molar-refractivity contribution in [2.24, 2.45) is 5.41 Å². The first-order chi connectivity index (χ1) is 11.6. The van der Waals surface area contributed by atoms with Gasteiger partial charge in [0, 0.05) is 16.8 Å². The molecule has 2 aromatic carbocycles. The summed E-state index contributed by atoms with van der Waals surface area (Å²) in [6.07, 6.45) is 0. The lowest BCUT2D eigenvalue weighted by atomic mass is 9.90. The SMILES string of the molecule is Cc1cc(Cl)ccc1NC(=O)C(C)(C)C(=O)Nc1ccc(F)cc1F. The summed E-state index contributed by atoms with van der Waals surface area (Å²) >= 11 is 5.87. The van der Waals surface area contributed by atoms with Gasteiger partial charge in [-0.3, -0.25) is 9.59 Å². The number of carbonyl (C=O) groups excluding carboxylic acids is 2. The Hall–Kier alpha value is -2.47. The van der Waals surface area contributed by atoms with Crippen LogP contribution in [-0.4, -0.2) is 11.8 Å². The van der Waals surface area contributed by atoms with E-state index >= 15 is 0 Å². The maximum Gasteiger partial charge on any atom is 0.239 e. The maximum atomic E-state index is 13.7. The van der Waals surface area contributed by atoms with Crippen molar-refractivity contribution in [3.8, 4) is 0 Å². The molecule has 0 bridgehead atoms. The number of amides is 2. The molecule has 0 aliphatic carbocycles. The van der Waals surface area contributed by atoms with Crippen LogP contribution in [0, 0.1) is 24.0 Å². The average molecular weight is 367 g/mol. The van der Waals surface area contributed by atoms with Gasteiger partial charge >= 0.3 is 0 Å². The zero-order valence-corrected chi connectivity index (χ0v) is 14.7. The molecule has 0 fully saturated rings. The number of benzene rings is 2. The fourth-order valence-corrected chi connectivity index (χ4v) is 2.25. The molecule has 0 unspecified atom stereocenters. The molecule has 132 valence electrons. The van der Waals surface area contributed by atoms with E-state index < -0.39 is 28.9 Å². The minimum absolute atomic E-state index is 0.199. The summed E-state index contributed by atoms with van der Waals surface area (Å²) < 4.78 is 26.6. The minimum Gasteiger partial charge on any atom is -0.325 e. The van der Waals surface area contributed by atoms with E-state index in [9.17, 15) is 18.4 Å². The van der Waals surface area contributed by atoms with Gasteiger partial charge in [0.15, 0.2) is 0 Å². The number of anilines is 2. The number of hydrogen-bond acceptors (Lipinski definition) is 2. The first-order valence-corrected chi connectivity index (χ1v) is 7.83. The summed E-state index contributed by atoms with van der Waals surface area (Å²) in [6.45, 7) is 4.58. The summed E-state index contributed by atoms with van der Waals surface area (Å²) in [6, 6.07) is 7.69. The lowest BCUT2D eigenvalue weighted by Gasteiger charge is -2.23. The number of hydrogen-bond donors (Lipinski definition) is 2. The summed E-state index contributed by atoms with van der Waals surface area (Å²) in [5.41, 5.74) is -0.438. The molecule has 7 heteroatoms. The van der Waals surface area contributed by atoms with Crippen LogP contribution >= 0.6 is 11.6 Å². The number of rotatable bonds is 4. The highest BCUT2D eigenvalue weighted by atomic mass is 35.5. The predicted octanol–water partition coefficient (Wildman–Crippen LogP) is 4.53. The predicted molar refractivity (Wildman–Crippen MR) is 93.6 cm³/mol. The Kier molecular flexibility index (Phi) is 5.42. The van der Waals surface area contributed by atoms with Crippen molar-refractivity contribution in [2.75, 3.05) is 10.6 Å². The van der Waals surface area contributed by atoms with Gasteiger partial charge in [-0.1, -0.05) is 11.6 Å². The van der Waals surface area contributed by atoms with Gasteiger partial charge in [0.1, 0.15) is 17.0 Å². The molecule has 0 aliphatic rings. The van der Waals surface area contributed by atoms with Crippen LogP contribution in [0.2, 0.25) is 5.02 Å². The molecule has 2 rings (SSSR count). The van der Waals surface area contributed by atoms with Crippen molar-refractivity contribution in [1.82, 2.24) is 0 Å². The Labute approximate surface area is 149 Å². The monoisotopic (exact) mass is 366 g/mol. The van der Waals surface area contributed by atoms with E-state index in [1.54, 1.807) is 25.1 Å². The molecule has 0 atom stereocenters. The van der Waals surface area contributed by atoms with Gasteiger partial charge in [-0.15, -0.1) is 0 Å². The molecule has 0 radical (unpaired) electrons. The topological polar surface area (TPSA) is 58.2 Å². The van der Waals surface area contributed by atoms with Crippen LogP contribution < -0.4 is 10.6 Å². The number of aryl methyl sites for hydroxylation is 1. The Morgan fingerprint density at radius 1 is 0.960 bits per heavy atom. The fraction of sp³-hybridized carbons (Fsp3) is 0.222. The average Bonchev–Trinajstić information content (AvgIpc) is 2.52. The lowest BCUT2D eigenvalue weighted by molar-refractivity contribution is -0.135. The summed E-state index contributed by atoms with van der Waals surface area (Å²) in [5.74, 6) is -2.97. The van der Waals surface area contributed by atoms with Crippen LogP contribution in [0.4, 0.5) is 20.2 Å². The summed E-state index contributed by atoms with van der Waals surface area (Å²) in [5, 5.41) is 5.49. The van der Waals surface area contributed by atoms with Crippen molar-refractivity contribution in [1.29, 1.82) is 0 Å².